The molecule has 0 atom stereocenters. The fourth-order valence-electron chi connectivity index (χ4n) is 3.81. The van der Waals surface area contributed by atoms with Crippen LogP contribution in [0, 0.1) is 0 Å². The van der Waals surface area contributed by atoms with Gasteiger partial charge in [0.2, 0.25) is 0 Å². The van der Waals surface area contributed by atoms with Gasteiger partial charge >= 0.3 is 0 Å². The van der Waals surface area contributed by atoms with Gasteiger partial charge in [-0.1, -0.05) is 56.2 Å². The van der Waals surface area contributed by atoms with Gasteiger partial charge in [0.1, 0.15) is 17.2 Å². The average Bonchev–Trinajstić information content (AvgIpc) is 2.81. The first-order valence-corrected chi connectivity index (χ1v) is 10.7. The molecule has 0 aliphatic heterocycles. The number of rotatable bonds is 7. The molecule has 5 heteroatoms. The fourth-order valence-corrected chi connectivity index (χ4v) is 3.81. The van der Waals surface area contributed by atoms with Crippen LogP contribution in [0.1, 0.15) is 52.5 Å². The summed E-state index contributed by atoms with van der Waals surface area (Å²) in [4.78, 5) is 25.5. The Bertz CT molecular complexity index is 1190. The zero-order valence-electron chi connectivity index (χ0n) is 17.8. The summed E-state index contributed by atoms with van der Waals surface area (Å²) >= 11 is 0. The third-order valence-electron chi connectivity index (χ3n) is 5.56. The van der Waals surface area contributed by atoms with Crippen molar-refractivity contribution in [1.82, 2.24) is 0 Å². The van der Waals surface area contributed by atoms with Gasteiger partial charge in [-0.3, -0.25) is 9.59 Å². The second-order valence-corrected chi connectivity index (χ2v) is 7.76. The fraction of sp³-hybridized carbons (Fsp3) is 0.185. The molecule has 0 unspecified atom stereocenters. The van der Waals surface area contributed by atoms with Crippen LogP contribution in [0.3, 0.4) is 0 Å². The molecule has 0 spiro atoms. The Labute approximate surface area is 186 Å². The topological polar surface area (TPSA) is 83.8 Å². The third kappa shape index (κ3) is 4.14. The maximum atomic E-state index is 12.9. The van der Waals surface area contributed by atoms with E-state index in [1.54, 1.807) is 12.1 Å². The Morgan fingerprint density at radius 2 is 1.28 bits per heavy atom. The van der Waals surface area contributed by atoms with Crippen LogP contribution < -0.4 is 4.74 Å². The van der Waals surface area contributed by atoms with Crippen molar-refractivity contribution in [3.63, 3.8) is 0 Å². The SMILES string of the molecule is CCCCCOc1ccc(-c2ccc(C3=CC(=O)c4c(O)ccc(O)c4C3=O)cc2)cc1. The van der Waals surface area contributed by atoms with Gasteiger partial charge in [-0.25, -0.2) is 0 Å². The molecule has 0 radical (unpaired) electrons. The quantitative estimate of drug-likeness (QED) is 0.367. The van der Waals surface area contributed by atoms with Crippen molar-refractivity contribution in [1.29, 1.82) is 0 Å². The summed E-state index contributed by atoms with van der Waals surface area (Å²) in [6.07, 6.45) is 4.56. The monoisotopic (exact) mass is 428 g/mol. The van der Waals surface area contributed by atoms with Gasteiger partial charge < -0.3 is 14.9 Å². The molecule has 0 fully saturated rings. The van der Waals surface area contributed by atoms with Crippen LogP contribution in [-0.4, -0.2) is 28.4 Å². The lowest BCUT2D eigenvalue weighted by Gasteiger charge is -2.17. The predicted octanol–water partition coefficient (Wildman–Crippen LogP) is 5.80. The molecule has 0 saturated carbocycles. The van der Waals surface area contributed by atoms with E-state index in [2.05, 4.69) is 6.92 Å². The van der Waals surface area contributed by atoms with Crippen LogP contribution in [0.5, 0.6) is 17.2 Å². The van der Waals surface area contributed by atoms with Crippen LogP contribution in [0.25, 0.3) is 16.7 Å². The molecule has 0 aromatic heterocycles. The van der Waals surface area contributed by atoms with E-state index in [-0.39, 0.29) is 28.2 Å². The number of ether oxygens (including phenoxy) is 1. The van der Waals surface area contributed by atoms with Gasteiger partial charge in [-0.05, 0) is 53.5 Å². The molecule has 32 heavy (non-hydrogen) atoms. The number of phenolic OH excluding ortho intramolecular Hbond substituents is 2. The summed E-state index contributed by atoms with van der Waals surface area (Å²) in [5, 5.41) is 20.1. The lowest BCUT2D eigenvalue weighted by atomic mass is 9.85. The van der Waals surface area contributed by atoms with Crippen molar-refractivity contribution in [3.05, 3.63) is 83.4 Å². The van der Waals surface area contributed by atoms with Crippen molar-refractivity contribution < 1.29 is 24.5 Å². The van der Waals surface area contributed by atoms with Crippen LogP contribution in [0.2, 0.25) is 0 Å². The number of carbonyl (C=O) groups excluding carboxylic acids is 2. The summed E-state index contributed by atoms with van der Waals surface area (Å²) in [5.41, 5.74) is 2.40. The largest absolute Gasteiger partial charge is 0.507 e. The number of benzene rings is 3. The second-order valence-electron chi connectivity index (χ2n) is 7.76. The van der Waals surface area contributed by atoms with E-state index in [0.29, 0.717) is 12.2 Å². The molecule has 3 aromatic carbocycles. The number of carbonyl (C=O) groups is 2. The number of phenols is 2. The van der Waals surface area contributed by atoms with Crippen molar-refractivity contribution in [2.24, 2.45) is 0 Å². The number of hydrogen-bond acceptors (Lipinski definition) is 5. The Morgan fingerprint density at radius 3 is 1.91 bits per heavy atom. The molecule has 0 saturated heterocycles. The summed E-state index contributed by atoms with van der Waals surface area (Å²) < 4.78 is 5.75. The third-order valence-corrected chi connectivity index (χ3v) is 5.56. The van der Waals surface area contributed by atoms with Gasteiger partial charge in [0.15, 0.2) is 11.6 Å². The lowest BCUT2D eigenvalue weighted by Crippen LogP contribution is -2.16. The number of ketones is 2. The highest BCUT2D eigenvalue weighted by molar-refractivity contribution is 6.39. The van der Waals surface area contributed by atoms with Crippen LogP contribution in [0.4, 0.5) is 0 Å². The van der Waals surface area contributed by atoms with Gasteiger partial charge in [0.05, 0.1) is 17.7 Å². The molecular weight excluding hydrogens is 404 g/mol. The molecule has 0 amide bonds. The Hall–Kier alpha value is -3.86. The Balaban J connectivity index is 1.54. The van der Waals surface area contributed by atoms with Crippen molar-refractivity contribution in [2.45, 2.75) is 26.2 Å². The van der Waals surface area contributed by atoms with Crippen LogP contribution >= 0.6 is 0 Å². The summed E-state index contributed by atoms with van der Waals surface area (Å²) in [7, 11) is 0. The number of fused-ring (bicyclic) bond motifs is 1. The Morgan fingerprint density at radius 1 is 0.719 bits per heavy atom. The van der Waals surface area contributed by atoms with E-state index in [0.717, 1.165) is 36.1 Å². The van der Waals surface area contributed by atoms with Crippen LogP contribution in [0.15, 0.2) is 66.7 Å². The average molecular weight is 428 g/mol. The molecular formula is C27H24O5. The zero-order chi connectivity index (χ0) is 22.7. The minimum Gasteiger partial charge on any atom is -0.507 e. The minimum atomic E-state index is -0.512. The first kappa shape index (κ1) is 21.4. The highest BCUT2D eigenvalue weighted by atomic mass is 16.5. The first-order chi connectivity index (χ1) is 15.5. The number of aromatic hydroxyl groups is 2. The summed E-state index contributed by atoms with van der Waals surface area (Å²) in [5.74, 6) is -0.818. The number of unbranched alkanes of at least 4 members (excludes halogenated alkanes) is 2. The second kappa shape index (κ2) is 9.10. The summed E-state index contributed by atoms with van der Waals surface area (Å²) in [6.45, 7) is 2.87. The van der Waals surface area contributed by atoms with E-state index in [4.69, 9.17) is 4.74 Å². The first-order valence-electron chi connectivity index (χ1n) is 10.7. The molecule has 3 aromatic rings. The van der Waals surface area contributed by atoms with E-state index in [1.807, 2.05) is 36.4 Å². The molecule has 4 rings (SSSR count). The molecule has 5 nitrogen and oxygen atoms in total. The van der Waals surface area contributed by atoms with Crippen LogP contribution in [-0.2, 0) is 0 Å². The van der Waals surface area contributed by atoms with Gasteiger partial charge in [0.25, 0.3) is 0 Å². The van der Waals surface area contributed by atoms with Crippen molar-refractivity contribution in [3.8, 4) is 28.4 Å². The normalized spacial score (nSPS) is 13.0. The van der Waals surface area contributed by atoms with E-state index < -0.39 is 11.6 Å². The molecule has 162 valence electrons. The molecule has 2 N–H and O–H groups in total. The smallest absolute Gasteiger partial charge is 0.198 e. The number of Topliss-reactive ketones (excluding diaryl/α,β-unsaturated/α-hetero) is 1. The maximum Gasteiger partial charge on any atom is 0.198 e. The van der Waals surface area contributed by atoms with E-state index in [1.165, 1.54) is 18.2 Å². The van der Waals surface area contributed by atoms with E-state index >= 15 is 0 Å². The predicted molar refractivity (Wildman–Crippen MR) is 123 cm³/mol. The lowest BCUT2D eigenvalue weighted by molar-refractivity contribution is 0.0996. The molecule has 0 heterocycles. The molecule has 1 aliphatic rings. The summed E-state index contributed by atoms with van der Waals surface area (Å²) in [6, 6.07) is 17.5. The highest BCUT2D eigenvalue weighted by Gasteiger charge is 2.31. The number of hydrogen-bond donors (Lipinski definition) is 2. The zero-order valence-corrected chi connectivity index (χ0v) is 17.8. The molecule has 1 aliphatic carbocycles. The number of allylic oxidation sites excluding steroid dienone is 2. The van der Waals surface area contributed by atoms with Gasteiger partial charge in [-0.2, -0.15) is 0 Å². The van der Waals surface area contributed by atoms with Gasteiger partial charge in [0, 0.05) is 5.57 Å². The molecule has 0 bridgehead atoms. The van der Waals surface area contributed by atoms with E-state index in [9.17, 15) is 19.8 Å². The minimum absolute atomic E-state index is 0.160. The standard InChI is InChI=1S/C27H24O5/c1-2-3-4-15-32-20-11-9-18(10-12-20)17-5-7-19(8-6-17)21-16-24(30)25-22(28)13-14-23(29)26(25)27(21)31/h5-14,16,28-29H,2-4,15H2,1H3. The van der Waals surface area contributed by atoms with Gasteiger partial charge in [-0.15, -0.1) is 0 Å². The highest BCUT2D eigenvalue weighted by Crippen LogP contribution is 2.37. The van der Waals surface area contributed by atoms with Crippen molar-refractivity contribution >= 4 is 17.1 Å². The van der Waals surface area contributed by atoms with Crippen molar-refractivity contribution in [2.75, 3.05) is 6.61 Å². The Kier molecular flexibility index (Phi) is 6.08. The maximum absolute atomic E-state index is 12.9.